The molecule has 1 saturated heterocycles. The van der Waals surface area contributed by atoms with E-state index in [0.717, 1.165) is 30.8 Å². The number of aryl methyl sites for hydroxylation is 1. The zero-order chi connectivity index (χ0) is 12.3. The lowest BCUT2D eigenvalue weighted by Crippen LogP contribution is -2.17. The minimum atomic E-state index is 0.363. The SMILES string of the molecule is Cc1nnc(OCC2CCNC2)c(C#N)c1C. The van der Waals surface area contributed by atoms with Crippen LogP contribution in [0.3, 0.4) is 0 Å². The summed E-state index contributed by atoms with van der Waals surface area (Å²) >= 11 is 0. The molecule has 1 fully saturated rings. The first-order valence-corrected chi connectivity index (χ1v) is 5.80. The fourth-order valence-electron chi connectivity index (χ4n) is 1.87. The topological polar surface area (TPSA) is 70.8 Å². The second-order valence-corrected chi connectivity index (χ2v) is 4.37. The summed E-state index contributed by atoms with van der Waals surface area (Å²) in [6.45, 7) is 6.32. The van der Waals surface area contributed by atoms with Gasteiger partial charge in [-0.2, -0.15) is 10.4 Å². The molecule has 0 aliphatic carbocycles. The van der Waals surface area contributed by atoms with E-state index in [1.807, 2.05) is 13.8 Å². The number of ether oxygens (including phenoxy) is 1. The molecule has 5 nitrogen and oxygen atoms in total. The van der Waals surface area contributed by atoms with Crippen molar-refractivity contribution < 1.29 is 4.74 Å². The normalized spacial score (nSPS) is 19.0. The Morgan fingerprint density at radius 3 is 2.94 bits per heavy atom. The van der Waals surface area contributed by atoms with Crippen LogP contribution < -0.4 is 10.1 Å². The van der Waals surface area contributed by atoms with Crippen LogP contribution in [0.1, 0.15) is 23.2 Å². The van der Waals surface area contributed by atoms with Gasteiger partial charge in [-0.05, 0) is 32.4 Å². The van der Waals surface area contributed by atoms with E-state index >= 15 is 0 Å². The summed E-state index contributed by atoms with van der Waals surface area (Å²) in [5, 5.41) is 20.3. The monoisotopic (exact) mass is 232 g/mol. The molecule has 1 unspecified atom stereocenters. The summed E-state index contributed by atoms with van der Waals surface area (Å²) in [4.78, 5) is 0. The van der Waals surface area contributed by atoms with Crippen molar-refractivity contribution in [3.63, 3.8) is 0 Å². The van der Waals surface area contributed by atoms with Gasteiger partial charge in [-0.3, -0.25) is 0 Å². The molecular weight excluding hydrogens is 216 g/mol. The second kappa shape index (κ2) is 5.11. The van der Waals surface area contributed by atoms with E-state index in [1.165, 1.54) is 0 Å². The summed E-state index contributed by atoms with van der Waals surface area (Å²) in [6.07, 6.45) is 1.11. The molecule has 2 rings (SSSR count). The van der Waals surface area contributed by atoms with Crippen LogP contribution >= 0.6 is 0 Å². The first kappa shape index (κ1) is 11.8. The quantitative estimate of drug-likeness (QED) is 0.840. The van der Waals surface area contributed by atoms with Gasteiger partial charge in [0.2, 0.25) is 0 Å². The van der Waals surface area contributed by atoms with Gasteiger partial charge in [0.05, 0.1) is 12.3 Å². The lowest BCUT2D eigenvalue weighted by atomic mass is 10.1. The van der Waals surface area contributed by atoms with Crippen LogP contribution in [0.2, 0.25) is 0 Å². The highest BCUT2D eigenvalue weighted by molar-refractivity contribution is 5.44. The molecule has 0 amide bonds. The molecular formula is C12H16N4O. The Labute approximate surface area is 101 Å². The average Bonchev–Trinajstić information content (AvgIpc) is 2.83. The number of rotatable bonds is 3. The lowest BCUT2D eigenvalue weighted by molar-refractivity contribution is 0.247. The minimum Gasteiger partial charge on any atom is -0.475 e. The molecule has 1 N–H and O–H groups in total. The predicted molar refractivity (Wildman–Crippen MR) is 62.7 cm³/mol. The third kappa shape index (κ3) is 2.53. The van der Waals surface area contributed by atoms with Crippen molar-refractivity contribution in [3.8, 4) is 11.9 Å². The van der Waals surface area contributed by atoms with Gasteiger partial charge in [0, 0.05) is 12.5 Å². The van der Waals surface area contributed by atoms with Gasteiger partial charge in [-0.15, -0.1) is 5.10 Å². The van der Waals surface area contributed by atoms with Gasteiger partial charge in [-0.25, -0.2) is 0 Å². The molecule has 0 saturated carbocycles. The Kier molecular flexibility index (Phi) is 3.55. The predicted octanol–water partition coefficient (Wildman–Crippen LogP) is 0.953. The summed E-state index contributed by atoms with van der Waals surface area (Å²) in [7, 11) is 0. The molecule has 0 aromatic carbocycles. The number of nitriles is 1. The van der Waals surface area contributed by atoms with Crippen molar-refractivity contribution in [1.82, 2.24) is 15.5 Å². The van der Waals surface area contributed by atoms with Crippen LogP contribution in [-0.4, -0.2) is 29.9 Å². The van der Waals surface area contributed by atoms with Gasteiger partial charge in [0.25, 0.3) is 5.88 Å². The molecule has 1 aliphatic heterocycles. The summed E-state index contributed by atoms with van der Waals surface area (Å²) < 4.78 is 5.61. The van der Waals surface area contributed by atoms with Crippen molar-refractivity contribution in [2.45, 2.75) is 20.3 Å². The zero-order valence-corrected chi connectivity index (χ0v) is 10.2. The van der Waals surface area contributed by atoms with Crippen LogP contribution in [0.15, 0.2) is 0 Å². The Hall–Kier alpha value is -1.67. The molecule has 2 heterocycles. The molecule has 17 heavy (non-hydrogen) atoms. The number of hydrogen-bond donors (Lipinski definition) is 1. The number of nitrogens with one attached hydrogen (secondary N) is 1. The summed E-state index contributed by atoms with van der Waals surface area (Å²) in [5.74, 6) is 0.868. The molecule has 1 aromatic rings. The standard InChI is InChI=1S/C12H16N4O/c1-8-9(2)15-16-12(11(8)5-13)17-7-10-3-4-14-6-10/h10,14H,3-4,6-7H2,1-2H3. The first-order valence-electron chi connectivity index (χ1n) is 5.80. The maximum Gasteiger partial charge on any atom is 0.251 e. The van der Waals surface area contributed by atoms with E-state index in [-0.39, 0.29) is 0 Å². The highest BCUT2D eigenvalue weighted by Gasteiger charge is 2.17. The largest absolute Gasteiger partial charge is 0.475 e. The van der Waals surface area contributed by atoms with Gasteiger partial charge in [0.15, 0.2) is 0 Å². The third-order valence-electron chi connectivity index (χ3n) is 3.15. The van der Waals surface area contributed by atoms with Crippen LogP contribution in [0.25, 0.3) is 0 Å². The maximum atomic E-state index is 9.11. The van der Waals surface area contributed by atoms with Crippen molar-refractivity contribution in [2.75, 3.05) is 19.7 Å². The lowest BCUT2D eigenvalue weighted by Gasteiger charge is -2.12. The Bertz CT molecular complexity index is 447. The summed E-state index contributed by atoms with van der Waals surface area (Å²) in [6, 6.07) is 2.14. The van der Waals surface area contributed by atoms with E-state index in [9.17, 15) is 0 Å². The third-order valence-corrected chi connectivity index (χ3v) is 3.15. The van der Waals surface area contributed by atoms with Gasteiger partial charge in [0.1, 0.15) is 11.6 Å². The molecule has 90 valence electrons. The highest BCUT2D eigenvalue weighted by Crippen LogP contribution is 2.20. The molecule has 1 atom stereocenters. The average molecular weight is 232 g/mol. The molecule has 0 bridgehead atoms. The molecule has 1 aliphatic rings. The van der Waals surface area contributed by atoms with Crippen LogP contribution in [-0.2, 0) is 0 Å². The van der Waals surface area contributed by atoms with Gasteiger partial charge < -0.3 is 10.1 Å². The van der Waals surface area contributed by atoms with E-state index in [1.54, 1.807) is 0 Å². The van der Waals surface area contributed by atoms with Crippen molar-refractivity contribution >= 4 is 0 Å². The minimum absolute atomic E-state index is 0.363. The fourth-order valence-corrected chi connectivity index (χ4v) is 1.87. The maximum absolute atomic E-state index is 9.11. The molecule has 1 aromatic heterocycles. The van der Waals surface area contributed by atoms with Crippen molar-refractivity contribution in [1.29, 1.82) is 5.26 Å². The number of aromatic nitrogens is 2. The highest BCUT2D eigenvalue weighted by atomic mass is 16.5. The Balaban J connectivity index is 2.10. The van der Waals surface area contributed by atoms with E-state index in [4.69, 9.17) is 10.00 Å². The molecule has 5 heteroatoms. The fraction of sp³-hybridized carbons (Fsp3) is 0.583. The smallest absolute Gasteiger partial charge is 0.251 e. The van der Waals surface area contributed by atoms with Gasteiger partial charge >= 0.3 is 0 Å². The van der Waals surface area contributed by atoms with E-state index < -0.39 is 0 Å². The van der Waals surface area contributed by atoms with E-state index in [2.05, 4.69) is 21.6 Å². The Morgan fingerprint density at radius 1 is 1.47 bits per heavy atom. The first-order chi connectivity index (χ1) is 8.22. The molecule has 0 spiro atoms. The molecule has 0 radical (unpaired) electrons. The number of nitrogens with zero attached hydrogens (tertiary/aromatic N) is 3. The van der Waals surface area contributed by atoms with Crippen LogP contribution in [0.5, 0.6) is 5.88 Å². The summed E-state index contributed by atoms with van der Waals surface area (Å²) in [5.41, 5.74) is 2.13. The van der Waals surface area contributed by atoms with Crippen molar-refractivity contribution in [3.05, 3.63) is 16.8 Å². The second-order valence-electron chi connectivity index (χ2n) is 4.37. The Morgan fingerprint density at radius 2 is 2.29 bits per heavy atom. The van der Waals surface area contributed by atoms with Crippen molar-refractivity contribution in [2.24, 2.45) is 5.92 Å². The van der Waals surface area contributed by atoms with E-state index in [0.29, 0.717) is 24.0 Å². The zero-order valence-electron chi connectivity index (χ0n) is 10.2. The van der Waals surface area contributed by atoms with Gasteiger partial charge in [-0.1, -0.05) is 0 Å². The number of hydrogen-bond acceptors (Lipinski definition) is 5. The van der Waals surface area contributed by atoms with Crippen LogP contribution in [0, 0.1) is 31.1 Å². The van der Waals surface area contributed by atoms with Crippen LogP contribution in [0.4, 0.5) is 0 Å².